The average molecular weight is 510 g/mol. The minimum absolute atomic E-state index is 0.0658. The van der Waals surface area contributed by atoms with Crippen molar-refractivity contribution in [1.82, 2.24) is 24.5 Å². The first-order valence-corrected chi connectivity index (χ1v) is 11.9. The van der Waals surface area contributed by atoms with Gasteiger partial charge < -0.3 is 0 Å². The Morgan fingerprint density at radius 1 is 1.26 bits per heavy atom. The number of sulfonamides is 1. The van der Waals surface area contributed by atoms with Crippen LogP contribution in [0.15, 0.2) is 40.9 Å². The Hall–Kier alpha value is -3.41. The highest BCUT2D eigenvalue weighted by atomic mass is 32.2. The van der Waals surface area contributed by atoms with Crippen LogP contribution in [0, 0.1) is 24.1 Å². The molecule has 14 heteroatoms. The van der Waals surface area contributed by atoms with Crippen molar-refractivity contribution < 1.29 is 26.0 Å². The molecule has 0 amide bonds. The van der Waals surface area contributed by atoms with Gasteiger partial charge in [-0.25, -0.2) is 12.8 Å². The maximum absolute atomic E-state index is 14.3. The number of alkyl halides is 3. The number of aromatic nitrogens is 4. The Morgan fingerprint density at radius 3 is 2.56 bits per heavy atom. The molecule has 1 N–H and O–H groups in total. The molecule has 3 heterocycles. The summed E-state index contributed by atoms with van der Waals surface area (Å²) >= 11 is 1.15. The largest absolute Gasteiger partial charge is 0.404 e. The predicted molar refractivity (Wildman–Crippen MR) is 115 cm³/mol. The van der Waals surface area contributed by atoms with E-state index in [0.717, 1.165) is 23.6 Å². The van der Waals surface area contributed by atoms with Gasteiger partial charge in [0.25, 0.3) is 0 Å². The van der Waals surface area contributed by atoms with E-state index in [1.807, 2.05) is 6.07 Å². The molecule has 4 rings (SSSR count). The molecule has 0 aliphatic heterocycles. The first kappa shape index (κ1) is 23.7. The number of nitrogens with zero attached hydrogens (tertiary/aromatic N) is 5. The fourth-order valence-corrected chi connectivity index (χ4v) is 5.03. The number of pyridine rings is 1. The van der Waals surface area contributed by atoms with Crippen LogP contribution in [0.5, 0.6) is 0 Å². The number of aryl methyl sites for hydroxylation is 1. The second-order valence-corrected chi connectivity index (χ2v) is 9.80. The quantitative estimate of drug-likeness (QED) is 0.405. The van der Waals surface area contributed by atoms with Crippen LogP contribution < -0.4 is 4.72 Å². The highest BCUT2D eigenvalue weighted by molar-refractivity contribution is 7.89. The third-order valence-electron chi connectivity index (χ3n) is 5.01. The SMILES string of the molecule is Cc1cc2c(cc1F)c(C#N)c(-c1ccc(S(=O)(=O)N[C@@H](C)C(F)(F)F)cn1)n2-c1nncs1. The van der Waals surface area contributed by atoms with Crippen molar-refractivity contribution in [3.63, 3.8) is 0 Å². The Balaban J connectivity index is 1.88. The number of benzene rings is 1. The van der Waals surface area contributed by atoms with E-state index in [2.05, 4.69) is 15.2 Å². The molecular formula is C20H14F4N6O2S2. The van der Waals surface area contributed by atoms with Gasteiger partial charge in [0.1, 0.15) is 28.3 Å². The topological polar surface area (TPSA) is 114 Å². The monoisotopic (exact) mass is 510 g/mol. The van der Waals surface area contributed by atoms with E-state index < -0.39 is 33.0 Å². The molecule has 1 aromatic carbocycles. The smallest absolute Gasteiger partial charge is 0.281 e. The van der Waals surface area contributed by atoms with Crippen molar-refractivity contribution in [1.29, 1.82) is 5.26 Å². The lowest BCUT2D eigenvalue weighted by atomic mass is 10.1. The molecule has 0 spiro atoms. The lowest BCUT2D eigenvalue weighted by molar-refractivity contribution is -0.147. The first-order chi connectivity index (χ1) is 15.9. The molecule has 34 heavy (non-hydrogen) atoms. The summed E-state index contributed by atoms with van der Waals surface area (Å²) in [6, 6.07) is 4.80. The van der Waals surface area contributed by atoms with Crippen molar-refractivity contribution in [3.8, 4) is 22.6 Å². The van der Waals surface area contributed by atoms with E-state index in [1.54, 1.807) is 16.2 Å². The number of rotatable bonds is 5. The van der Waals surface area contributed by atoms with Crippen molar-refractivity contribution in [3.05, 3.63) is 52.9 Å². The maximum Gasteiger partial charge on any atom is 0.404 e. The summed E-state index contributed by atoms with van der Waals surface area (Å²) in [6.45, 7) is 2.24. The Morgan fingerprint density at radius 2 is 2.00 bits per heavy atom. The van der Waals surface area contributed by atoms with Crippen LogP contribution in [0.25, 0.3) is 27.4 Å². The van der Waals surface area contributed by atoms with E-state index in [4.69, 9.17) is 0 Å². The summed E-state index contributed by atoms with van der Waals surface area (Å²) in [5.41, 5.74) is 2.65. The van der Waals surface area contributed by atoms with Crippen molar-refractivity contribution in [2.45, 2.75) is 31.0 Å². The number of nitriles is 1. The highest BCUT2D eigenvalue weighted by Crippen LogP contribution is 2.37. The Bertz CT molecular complexity index is 1520. The Labute approximate surface area is 194 Å². The molecule has 0 bridgehead atoms. The van der Waals surface area contributed by atoms with E-state index in [9.17, 15) is 31.2 Å². The molecular weight excluding hydrogens is 496 g/mol. The van der Waals surface area contributed by atoms with Gasteiger partial charge in [0, 0.05) is 11.6 Å². The fourth-order valence-electron chi connectivity index (χ4n) is 3.28. The fraction of sp³-hybridized carbons (Fsp3) is 0.200. The van der Waals surface area contributed by atoms with Crippen LogP contribution in [0.2, 0.25) is 0 Å². The zero-order chi connectivity index (χ0) is 24.8. The molecule has 0 unspecified atom stereocenters. The van der Waals surface area contributed by atoms with Crippen LogP contribution >= 0.6 is 11.3 Å². The van der Waals surface area contributed by atoms with Crippen molar-refractivity contribution in [2.24, 2.45) is 0 Å². The van der Waals surface area contributed by atoms with Gasteiger partial charge in [-0.1, -0.05) is 11.3 Å². The minimum Gasteiger partial charge on any atom is -0.281 e. The standard InChI is InChI=1S/C20H14F4N6O2S2/c1-10-5-17-13(6-15(10)21)14(7-25)18(30(17)19-28-27-9-33-19)16-4-3-12(8-26-16)34(31,32)29-11(2)20(22,23)24/h3-6,8-9,11,29H,1-2H3/t11-/m0/s1. The predicted octanol–water partition coefficient (Wildman–Crippen LogP) is 4.09. The number of hydrogen-bond donors (Lipinski definition) is 1. The van der Waals surface area contributed by atoms with Gasteiger partial charge in [0.15, 0.2) is 0 Å². The summed E-state index contributed by atoms with van der Waals surface area (Å²) in [5.74, 6) is -0.524. The molecule has 4 aromatic rings. The highest BCUT2D eigenvalue weighted by Gasteiger charge is 2.39. The van der Waals surface area contributed by atoms with Crippen molar-refractivity contribution in [2.75, 3.05) is 0 Å². The van der Waals surface area contributed by atoms with Gasteiger partial charge in [-0.05, 0) is 43.7 Å². The first-order valence-electron chi connectivity index (χ1n) is 9.50. The number of halogens is 4. The zero-order valence-corrected chi connectivity index (χ0v) is 19.1. The lowest BCUT2D eigenvalue weighted by Gasteiger charge is -2.17. The van der Waals surface area contributed by atoms with Crippen molar-refractivity contribution >= 4 is 32.3 Å². The minimum atomic E-state index is -4.77. The molecule has 0 fully saturated rings. The van der Waals surface area contributed by atoms with E-state index >= 15 is 0 Å². The summed E-state index contributed by atoms with van der Waals surface area (Å²) < 4.78 is 80.5. The number of nitrogens with one attached hydrogen (secondary N) is 1. The number of fused-ring (bicyclic) bond motifs is 1. The summed E-state index contributed by atoms with van der Waals surface area (Å²) in [4.78, 5) is 3.60. The molecule has 0 saturated heterocycles. The van der Waals surface area contributed by atoms with Gasteiger partial charge in [0.05, 0.1) is 22.5 Å². The molecule has 1 atom stereocenters. The second kappa shape index (κ2) is 8.42. The van der Waals surface area contributed by atoms with E-state index in [0.29, 0.717) is 23.1 Å². The van der Waals surface area contributed by atoms with Crippen LogP contribution in [0.4, 0.5) is 17.6 Å². The van der Waals surface area contributed by atoms with Crippen LogP contribution in [0.3, 0.4) is 0 Å². The normalized spacial score (nSPS) is 13.2. The zero-order valence-electron chi connectivity index (χ0n) is 17.4. The third-order valence-corrected chi connectivity index (χ3v) is 7.21. The second-order valence-electron chi connectivity index (χ2n) is 7.27. The third kappa shape index (κ3) is 4.13. The van der Waals surface area contributed by atoms with Gasteiger partial charge in [-0.3, -0.25) is 9.55 Å². The molecule has 8 nitrogen and oxygen atoms in total. The summed E-state index contributed by atoms with van der Waals surface area (Å²) in [6.07, 6.45) is -3.88. The van der Waals surface area contributed by atoms with Crippen LogP contribution in [-0.4, -0.2) is 40.4 Å². The lowest BCUT2D eigenvalue weighted by Crippen LogP contribution is -2.42. The average Bonchev–Trinajstić information content (AvgIpc) is 3.39. The van der Waals surface area contributed by atoms with Gasteiger partial charge in [0.2, 0.25) is 15.2 Å². The molecule has 0 aliphatic rings. The molecule has 0 aliphatic carbocycles. The molecule has 176 valence electrons. The van der Waals surface area contributed by atoms with E-state index in [1.165, 1.54) is 23.7 Å². The summed E-state index contributed by atoms with van der Waals surface area (Å²) in [5, 5.41) is 18.3. The van der Waals surface area contributed by atoms with Gasteiger partial charge in [-0.2, -0.15) is 23.2 Å². The summed E-state index contributed by atoms with van der Waals surface area (Å²) in [7, 11) is -4.52. The van der Waals surface area contributed by atoms with E-state index in [-0.39, 0.29) is 22.3 Å². The Kier molecular flexibility index (Phi) is 5.88. The van der Waals surface area contributed by atoms with Crippen LogP contribution in [0.1, 0.15) is 18.1 Å². The molecule has 0 radical (unpaired) electrons. The molecule has 0 saturated carbocycles. The number of hydrogen-bond acceptors (Lipinski definition) is 7. The molecule has 3 aromatic heterocycles. The van der Waals surface area contributed by atoms with Gasteiger partial charge in [-0.15, -0.1) is 10.2 Å². The maximum atomic E-state index is 14.3. The van der Waals surface area contributed by atoms with Gasteiger partial charge >= 0.3 is 6.18 Å². The van der Waals surface area contributed by atoms with Crippen LogP contribution in [-0.2, 0) is 10.0 Å².